The fourth-order valence-corrected chi connectivity index (χ4v) is 3.20. The van der Waals surface area contributed by atoms with E-state index in [-0.39, 0.29) is 23.1 Å². The van der Waals surface area contributed by atoms with E-state index in [0.29, 0.717) is 31.4 Å². The number of hydrogen-bond acceptors (Lipinski definition) is 4. The van der Waals surface area contributed by atoms with Crippen LogP contribution in [0.4, 0.5) is 5.82 Å². The van der Waals surface area contributed by atoms with Crippen molar-refractivity contribution < 1.29 is 4.79 Å². The van der Waals surface area contributed by atoms with E-state index < -0.39 is 0 Å². The summed E-state index contributed by atoms with van der Waals surface area (Å²) in [5.74, 6) is 1.00. The first kappa shape index (κ1) is 19.3. The number of carbonyl (C=O) groups excluding carboxylic acids is 1. The van der Waals surface area contributed by atoms with Crippen LogP contribution >= 0.6 is 0 Å². The molecular formula is C18H30N4O3. The average molecular weight is 350 g/mol. The zero-order valence-corrected chi connectivity index (χ0v) is 15.7. The van der Waals surface area contributed by atoms with Crippen LogP contribution in [0.3, 0.4) is 0 Å². The molecule has 1 fully saturated rings. The van der Waals surface area contributed by atoms with Gasteiger partial charge in [-0.05, 0) is 25.2 Å². The number of nitrogens with one attached hydrogen (secondary N) is 1. The maximum absolute atomic E-state index is 12.5. The Kier molecular flexibility index (Phi) is 6.45. The van der Waals surface area contributed by atoms with Crippen LogP contribution in [-0.4, -0.2) is 34.7 Å². The van der Waals surface area contributed by atoms with Gasteiger partial charge in [-0.15, -0.1) is 0 Å². The molecule has 0 radical (unpaired) electrons. The third-order valence-electron chi connectivity index (χ3n) is 4.63. The van der Waals surface area contributed by atoms with Gasteiger partial charge in [0, 0.05) is 39.3 Å². The summed E-state index contributed by atoms with van der Waals surface area (Å²) >= 11 is 0. The molecule has 1 aromatic heterocycles. The minimum Gasteiger partial charge on any atom is -0.357 e. The molecule has 0 bridgehead atoms. The van der Waals surface area contributed by atoms with Gasteiger partial charge in [0.1, 0.15) is 5.82 Å². The van der Waals surface area contributed by atoms with Crippen LogP contribution < -0.4 is 21.5 Å². The number of anilines is 1. The summed E-state index contributed by atoms with van der Waals surface area (Å²) in [7, 11) is 1.50. The highest BCUT2D eigenvalue weighted by molar-refractivity contribution is 5.79. The minimum absolute atomic E-state index is 0.0617. The summed E-state index contributed by atoms with van der Waals surface area (Å²) in [4.78, 5) is 39.0. The monoisotopic (exact) mass is 350 g/mol. The Morgan fingerprint density at radius 1 is 1.36 bits per heavy atom. The van der Waals surface area contributed by atoms with Gasteiger partial charge in [-0.25, -0.2) is 4.79 Å². The van der Waals surface area contributed by atoms with E-state index in [9.17, 15) is 14.4 Å². The molecule has 0 saturated carbocycles. The number of piperidine rings is 1. The smallest absolute Gasteiger partial charge is 0.332 e. The predicted molar refractivity (Wildman–Crippen MR) is 99.0 cm³/mol. The van der Waals surface area contributed by atoms with Gasteiger partial charge in [0.2, 0.25) is 5.91 Å². The van der Waals surface area contributed by atoms with Crippen LogP contribution in [0.2, 0.25) is 0 Å². The number of carbonyl (C=O) groups is 1. The molecule has 7 nitrogen and oxygen atoms in total. The number of rotatable bonds is 6. The lowest BCUT2D eigenvalue weighted by Gasteiger charge is -2.35. The molecule has 25 heavy (non-hydrogen) atoms. The Bertz CT molecular complexity index is 720. The lowest BCUT2D eigenvalue weighted by molar-refractivity contribution is -0.125. The molecule has 1 unspecified atom stereocenters. The third kappa shape index (κ3) is 4.52. The second-order valence-electron chi connectivity index (χ2n) is 7.26. The van der Waals surface area contributed by atoms with Crippen molar-refractivity contribution in [3.8, 4) is 0 Å². The van der Waals surface area contributed by atoms with Gasteiger partial charge < -0.3 is 10.2 Å². The van der Waals surface area contributed by atoms with Gasteiger partial charge in [0.25, 0.3) is 5.56 Å². The summed E-state index contributed by atoms with van der Waals surface area (Å²) in [6.07, 6.45) is 2.51. The van der Waals surface area contributed by atoms with Crippen LogP contribution in [0.15, 0.2) is 15.7 Å². The predicted octanol–water partition coefficient (Wildman–Crippen LogP) is 0.946. The zero-order chi connectivity index (χ0) is 18.6. The maximum atomic E-state index is 12.5. The highest BCUT2D eigenvalue weighted by atomic mass is 16.2. The quantitative estimate of drug-likeness (QED) is 0.829. The second-order valence-corrected chi connectivity index (χ2v) is 7.26. The lowest BCUT2D eigenvalue weighted by Crippen LogP contribution is -2.47. The fraction of sp³-hybridized carbons (Fsp3) is 0.722. The number of aromatic nitrogens is 2. The molecule has 2 heterocycles. The summed E-state index contributed by atoms with van der Waals surface area (Å²) in [6.45, 7) is 8.66. The van der Waals surface area contributed by atoms with E-state index in [1.54, 1.807) is 4.57 Å². The molecule has 1 aromatic rings. The van der Waals surface area contributed by atoms with Crippen LogP contribution in [0.1, 0.15) is 40.0 Å². The van der Waals surface area contributed by atoms with Gasteiger partial charge >= 0.3 is 5.69 Å². The van der Waals surface area contributed by atoms with Crippen molar-refractivity contribution in [3.05, 3.63) is 26.9 Å². The van der Waals surface area contributed by atoms with Crippen molar-refractivity contribution >= 4 is 11.7 Å². The second kappa shape index (κ2) is 8.36. The summed E-state index contributed by atoms with van der Waals surface area (Å²) in [5.41, 5.74) is -0.602. The molecule has 1 N–H and O–H groups in total. The topological polar surface area (TPSA) is 76.3 Å². The van der Waals surface area contributed by atoms with Gasteiger partial charge in [0.05, 0.1) is 5.92 Å². The van der Waals surface area contributed by atoms with E-state index in [2.05, 4.69) is 19.2 Å². The molecule has 0 aliphatic carbocycles. The molecule has 1 saturated heterocycles. The van der Waals surface area contributed by atoms with Gasteiger partial charge in [-0.1, -0.05) is 20.8 Å². The van der Waals surface area contributed by atoms with Crippen molar-refractivity contribution in [3.63, 3.8) is 0 Å². The Labute approximate surface area is 148 Å². The summed E-state index contributed by atoms with van der Waals surface area (Å²) in [6, 6.07) is 1.52. The Morgan fingerprint density at radius 2 is 2.08 bits per heavy atom. The van der Waals surface area contributed by atoms with Crippen LogP contribution in [0.5, 0.6) is 0 Å². The highest BCUT2D eigenvalue weighted by Crippen LogP contribution is 2.22. The average Bonchev–Trinajstić information content (AvgIpc) is 2.60. The number of nitrogens with zero attached hydrogens (tertiary/aromatic N) is 3. The van der Waals surface area contributed by atoms with Crippen molar-refractivity contribution in [2.45, 2.75) is 46.6 Å². The van der Waals surface area contributed by atoms with Gasteiger partial charge in [-0.3, -0.25) is 18.7 Å². The molecule has 140 valence electrons. The summed E-state index contributed by atoms with van der Waals surface area (Å²) < 4.78 is 2.78. The van der Waals surface area contributed by atoms with E-state index in [0.717, 1.165) is 30.4 Å². The normalized spacial score (nSPS) is 17.8. The standard InChI is InChI=1S/C18H30N4O3/c1-5-8-22-15(10-16(23)20(4)18(22)25)21-9-6-7-14(12-21)17(24)19-11-13(2)3/h10,13-14H,5-9,11-12H2,1-4H3,(H,19,24). The molecule has 1 aliphatic heterocycles. The highest BCUT2D eigenvalue weighted by Gasteiger charge is 2.27. The van der Waals surface area contributed by atoms with Gasteiger partial charge in [0.15, 0.2) is 0 Å². The number of hydrogen-bond donors (Lipinski definition) is 1. The Balaban J connectivity index is 2.25. The fourth-order valence-electron chi connectivity index (χ4n) is 3.20. The molecule has 7 heteroatoms. The third-order valence-corrected chi connectivity index (χ3v) is 4.63. The first-order chi connectivity index (χ1) is 11.8. The van der Waals surface area contributed by atoms with Crippen molar-refractivity contribution in [1.82, 2.24) is 14.5 Å². The van der Waals surface area contributed by atoms with Crippen LogP contribution in [0, 0.1) is 11.8 Å². The van der Waals surface area contributed by atoms with E-state index in [4.69, 9.17) is 0 Å². The molecule has 2 rings (SSSR count). The Hall–Kier alpha value is -2.05. The van der Waals surface area contributed by atoms with Crippen molar-refractivity contribution in [2.24, 2.45) is 18.9 Å². The van der Waals surface area contributed by atoms with E-state index >= 15 is 0 Å². The molecule has 1 atom stereocenters. The first-order valence-corrected chi connectivity index (χ1v) is 9.18. The zero-order valence-electron chi connectivity index (χ0n) is 15.7. The summed E-state index contributed by atoms with van der Waals surface area (Å²) in [5, 5.41) is 3.00. The van der Waals surface area contributed by atoms with Crippen LogP contribution in [0.25, 0.3) is 0 Å². The molecule has 0 spiro atoms. The number of amides is 1. The molecule has 1 aliphatic rings. The van der Waals surface area contributed by atoms with E-state index in [1.165, 1.54) is 13.1 Å². The van der Waals surface area contributed by atoms with E-state index in [1.807, 2.05) is 11.8 Å². The largest absolute Gasteiger partial charge is 0.357 e. The Morgan fingerprint density at radius 3 is 2.72 bits per heavy atom. The van der Waals surface area contributed by atoms with Gasteiger partial charge in [-0.2, -0.15) is 0 Å². The van der Waals surface area contributed by atoms with Crippen LogP contribution in [-0.2, 0) is 18.4 Å². The van der Waals surface area contributed by atoms with Crippen molar-refractivity contribution in [1.29, 1.82) is 0 Å². The lowest BCUT2D eigenvalue weighted by atomic mass is 9.97. The SMILES string of the molecule is CCCn1c(N2CCCC(C(=O)NCC(C)C)C2)cc(=O)n(C)c1=O. The maximum Gasteiger partial charge on any atom is 0.332 e. The molecule has 0 aromatic carbocycles. The first-order valence-electron chi connectivity index (χ1n) is 9.18. The minimum atomic E-state index is -0.307. The molecule has 1 amide bonds. The molecular weight excluding hydrogens is 320 g/mol. The van der Waals surface area contributed by atoms with Crippen molar-refractivity contribution in [2.75, 3.05) is 24.5 Å².